The minimum Gasteiger partial charge on any atom is -0.489 e. The van der Waals surface area contributed by atoms with Gasteiger partial charge < -0.3 is 10.1 Å². The lowest BCUT2D eigenvalue weighted by Crippen LogP contribution is -2.55. The molecule has 8 heteroatoms. The molecule has 0 bridgehead atoms. The number of carbonyl (C=O) groups excluding carboxylic acids is 1. The van der Waals surface area contributed by atoms with Crippen molar-refractivity contribution in [3.63, 3.8) is 0 Å². The van der Waals surface area contributed by atoms with Crippen molar-refractivity contribution >= 4 is 23.2 Å². The fourth-order valence-corrected chi connectivity index (χ4v) is 6.53. The molecule has 3 heterocycles. The molecule has 178 valence electrons. The lowest BCUT2D eigenvalue weighted by atomic mass is 9.77. The van der Waals surface area contributed by atoms with Crippen LogP contribution in [0.15, 0.2) is 72.8 Å². The van der Waals surface area contributed by atoms with Crippen LogP contribution in [-0.2, 0) is 16.9 Å². The summed E-state index contributed by atoms with van der Waals surface area (Å²) in [4.78, 5) is 28.0. The van der Waals surface area contributed by atoms with E-state index in [9.17, 15) is 14.9 Å². The standard InChI is InChI=1S/C27H24ClN3O4/c28-21-8-3-1-6-18(21)16-35-19-13-11-17(12-14-19)24-23-10-5-15-30(23)27(25(24)31(33)34)20-7-2-4-9-22(20)29-26(27)32/h1-4,6-9,11-14,23-25H,5,10,15-16H2,(H,29,32)/t23-,24+,25+,27-/m0/s1. The van der Waals surface area contributed by atoms with Gasteiger partial charge in [0.25, 0.3) is 11.9 Å². The number of hydrogen-bond acceptors (Lipinski definition) is 5. The van der Waals surface area contributed by atoms with Crippen LogP contribution in [0.2, 0.25) is 5.02 Å². The minimum absolute atomic E-state index is 0.0859. The van der Waals surface area contributed by atoms with E-state index in [1.807, 2.05) is 72.8 Å². The third-order valence-corrected chi connectivity index (χ3v) is 8.08. The van der Waals surface area contributed by atoms with Gasteiger partial charge in [-0.1, -0.05) is 60.1 Å². The lowest BCUT2D eigenvalue weighted by molar-refractivity contribution is -0.534. The average molecular weight is 490 g/mol. The van der Waals surface area contributed by atoms with Crippen LogP contribution in [0.4, 0.5) is 5.69 Å². The SMILES string of the molecule is O=C1Nc2ccccc2[C@]12[C@H]([N+](=O)[O-])[C@H](c1ccc(OCc3ccccc3Cl)cc1)[C@@H]1CCCN12. The van der Waals surface area contributed by atoms with Crippen LogP contribution >= 0.6 is 11.6 Å². The van der Waals surface area contributed by atoms with Crippen LogP contribution in [0.1, 0.15) is 35.4 Å². The number of nitro groups is 1. The summed E-state index contributed by atoms with van der Waals surface area (Å²) in [6.45, 7) is 0.989. The van der Waals surface area contributed by atoms with E-state index >= 15 is 0 Å². The van der Waals surface area contributed by atoms with E-state index in [0.717, 1.165) is 24.0 Å². The third-order valence-electron chi connectivity index (χ3n) is 7.71. The average Bonchev–Trinajstić information content (AvgIpc) is 3.52. The number of halogens is 1. The zero-order chi connectivity index (χ0) is 24.2. The van der Waals surface area contributed by atoms with E-state index in [1.54, 1.807) is 0 Å². The number of hydrogen-bond donors (Lipinski definition) is 1. The molecule has 2 saturated heterocycles. The van der Waals surface area contributed by atoms with Crippen molar-refractivity contribution in [1.29, 1.82) is 0 Å². The van der Waals surface area contributed by atoms with Crippen molar-refractivity contribution in [2.24, 2.45) is 0 Å². The Kier molecular flexibility index (Phi) is 5.27. The number of fused-ring (bicyclic) bond motifs is 4. The Bertz CT molecular complexity index is 1310. The number of nitrogens with one attached hydrogen (secondary N) is 1. The maximum absolute atomic E-state index is 13.5. The molecular weight excluding hydrogens is 466 g/mol. The molecule has 0 radical (unpaired) electrons. The first-order valence-corrected chi connectivity index (χ1v) is 12.2. The van der Waals surface area contributed by atoms with Gasteiger partial charge >= 0.3 is 0 Å². The summed E-state index contributed by atoms with van der Waals surface area (Å²) < 4.78 is 5.92. The second-order valence-electron chi connectivity index (χ2n) is 9.37. The summed E-state index contributed by atoms with van der Waals surface area (Å²) in [7, 11) is 0. The molecule has 6 rings (SSSR count). The summed E-state index contributed by atoms with van der Waals surface area (Å²) in [5.41, 5.74) is 1.81. The summed E-state index contributed by atoms with van der Waals surface area (Å²) in [6, 6.07) is 21.2. The van der Waals surface area contributed by atoms with E-state index in [-0.39, 0.29) is 16.9 Å². The Morgan fingerprint density at radius 2 is 1.83 bits per heavy atom. The van der Waals surface area contributed by atoms with Crippen molar-refractivity contribution in [2.45, 2.75) is 43.0 Å². The van der Waals surface area contributed by atoms with Gasteiger partial charge in [-0.05, 0) is 42.7 Å². The Balaban J connectivity index is 1.35. The third kappa shape index (κ3) is 3.26. The first-order valence-electron chi connectivity index (χ1n) is 11.8. The Morgan fingerprint density at radius 1 is 1.09 bits per heavy atom. The van der Waals surface area contributed by atoms with Gasteiger partial charge in [-0.3, -0.25) is 19.8 Å². The molecule has 1 N–H and O–H groups in total. The van der Waals surface area contributed by atoms with Gasteiger partial charge in [-0.25, -0.2) is 0 Å². The van der Waals surface area contributed by atoms with Gasteiger partial charge in [0.15, 0.2) is 5.54 Å². The molecule has 0 unspecified atom stereocenters. The molecule has 35 heavy (non-hydrogen) atoms. The molecule has 0 aliphatic carbocycles. The highest BCUT2D eigenvalue weighted by atomic mass is 35.5. The van der Waals surface area contributed by atoms with Crippen LogP contribution in [0.25, 0.3) is 0 Å². The van der Waals surface area contributed by atoms with Crippen LogP contribution in [0, 0.1) is 10.1 Å². The van der Waals surface area contributed by atoms with Crippen LogP contribution in [-0.4, -0.2) is 34.4 Å². The monoisotopic (exact) mass is 489 g/mol. The number of amides is 1. The van der Waals surface area contributed by atoms with Crippen molar-refractivity contribution in [2.75, 3.05) is 11.9 Å². The van der Waals surface area contributed by atoms with Gasteiger partial charge in [0, 0.05) is 39.3 Å². The molecule has 1 amide bonds. The van der Waals surface area contributed by atoms with Crippen molar-refractivity contribution in [1.82, 2.24) is 4.90 Å². The van der Waals surface area contributed by atoms with Gasteiger partial charge in [-0.15, -0.1) is 0 Å². The Hall–Kier alpha value is -3.42. The molecule has 3 aromatic carbocycles. The smallest absolute Gasteiger partial charge is 0.256 e. The number of rotatable bonds is 5. The van der Waals surface area contributed by atoms with Gasteiger partial charge in [-0.2, -0.15) is 0 Å². The molecule has 0 saturated carbocycles. The van der Waals surface area contributed by atoms with Crippen LogP contribution in [0.5, 0.6) is 5.75 Å². The number of ether oxygens (including phenoxy) is 1. The normalized spacial score (nSPS) is 27.0. The molecule has 3 aromatic rings. The number of para-hydroxylation sites is 1. The van der Waals surface area contributed by atoms with Crippen LogP contribution in [0.3, 0.4) is 0 Å². The van der Waals surface area contributed by atoms with Crippen molar-refractivity contribution < 1.29 is 14.5 Å². The predicted octanol–water partition coefficient (Wildman–Crippen LogP) is 4.97. The van der Waals surface area contributed by atoms with E-state index in [0.29, 0.717) is 35.2 Å². The zero-order valence-electron chi connectivity index (χ0n) is 18.9. The van der Waals surface area contributed by atoms with Crippen LogP contribution < -0.4 is 10.1 Å². The first kappa shape index (κ1) is 22.1. The highest BCUT2D eigenvalue weighted by Gasteiger charge is 2.73. The van der Waals surface area contributed by atoms with E-state index < -0.39 is 17.5 Å². The predicted molar refractivity (Wildman–Crippen MR) is 132 cm³/mol. The largest absolute Gasteiger partial charge is 0.489 e. The van der Waals surface area contributed by atoms with E-state index in [2.05, 4.69) is 10.2 Å². The Morgan fingerprint density at radius 3 is 2.60 bits per heavy atom. The summed E-state index contributed by atoms with van der Waals surface area (Å²) >= 11 is 6.22. The summed E-state index contributed by atoms with van der Waals surface area (Å²) in [6.07, 6.45) is 1.72. The molecular formula is C27H24ClN3O4. The minimum atomic E-state index is -1.30. The lowest BCUT2D eigenvalue weighted by Gasteiger charge is -2.32. The maximum Gasteiger partial charge on any atom is 0.256 e. The molecule has 4 atom stereocenters. The quantitative estimate of drug-likeness (QED) is 0.404. The first-order chi connectivity index (χ1) is 17.0. The fraction of sp³-hybridized carbons (Fsp3) is 0.296. The van der Waals surface area contributed by atoms with Crippen molar-refractivity contribution in [3.05, 3.63) is 105 Å². The highest BCUT2D eigenvalue weighted by molar-refractivity contribution is 6.31. The summed E-state index contributed by atoms with van der Waals surface area (Å²) in [5, 5.41) is 16.2. The molecule has 0 aromatic heterocycles. The topological polar surface area (TPSA) is 84.7 Å². The van der Waals surface area contributed by atoms with E-state index in [4.69, 9.17) is 16.3 Å². The molecule has 3 aliphatic rings. The van der Waals surface area contributed by atoms with Gasteiger partial charge in [0.05, 0.1) is 5.92 Å². The molecule has 7 nitrogen and oxygen atoms in total. The number of carbonyl (C=O) groups is 1. The van der Waals surface area contributed by atoms with Gasteiger partial charge in [0.2, 0.25) is 0 Å². The fourth-order valence-electron chi connectivity index (χ4n) is 6.34. The molecule has 2 fully saturated rings. The highest BCUT2D eigenvalue weighted by Crippen LogP contribution is 2.58. The van der Waals surface area contributed by atoms with Gasteiger partial charge in [0.1, 0.15) is 12.4 Å². The van der Waals surface area contributed by atoms with E-state index in [1.165, 1.54) is 0 Å². The number of benzene rings is 3. The second-order valence-corrected chi connectivity index (χ2v) is 9.78. The molecule has 3 aliphatic heterocycles. The number of anilines is 1. The summed E-state index contributed by atoms with van der Waals surface area (Å²) in [5.74, 6) is -0.0530. The zero-order valence-corrected chi connectivity index (χ0v) is 19.6. The second kappa shape index (κ2) is 8.36. The number of nitrogens with zero attached hydrogens (tertiary/aromatic N) is 2. The maximum atomic E-state index is 13.5. The Labute approximate surface area is 207 Å². The van der Waals surface area contributed by atoms with Crippen molar-refractivity contribution in [3.8, 4) is 5.75 Å². The molecule has 1 spiro atoms.